The van der Waals surface area contributed by atoms with E-state index in [1.165, 1.54) is 0 Å². The Morgan fingerprint density at radius 1 is 1.31 bits per heavy atom. The molecule has 0 aliphatic carbocycles. The second-order valence-electron chi connectivity index (χ2n) is 7.06. The van der Waals surface area contributed by atoms with Crippen molar-refractivity contribution in [3.63, 3.8) is 0 Å². The van der Waals surface area contributed by atoms with Gasteiger partial charge in [-0.3, -0.25) is 4.79 Å². The molecule has 2 aromatic rings. The number of hydrogen-bond acceptors (Lipinski definition) is 4. The molecule has 2 aliphatic heterocycles. The van der Waals surface area contributed by atoms with Crippen molar-refractivity contribution in [1.29, 1.82) is 0 Å². The number of ketones is 1. The topological polar surface area (TPSA) is 59.4 Å². The van der Waals surface area contributed by atoms with Gasteiger partial charge in [0.2, 0.25) is 0 Å². The van der Waals surface area contributed by atoms with Crippen molar-refractivity contribution in [2.24, 2.45) is 0 Å². The van der Waals surface area contributed by atoms with E-state index < -0.39 is 11.7 Å². The molecule has 2 bridgehead atoms. The number of pyridine rings is 1. The molecule has 1 aromatic carbocycles. The van der Waals surface area contributed by atoms with Crippen LogP contribution in [0.3, 0.4) is 0 Å². The summed E-state index contributed by atoms with van der Waals surface area (Å²) in [7, 11) is 0. The van der Waals surface area contributed by atoms with Crippen molar-refractivity contribution < 1.29 is 14.6 Å². The van der Waals surface area contributed by atoms with Crippen LogP contribution in [0.4, 0.5) is 0 Å². The standard InChI is InChI=1S/C21H20ClNO3/c1-3-12-10-13(14-5-7-17(22)23-11-14)4-6-15(12)18-19(24)16-8-9-21(2,26-16)20(18)25/h4-7,10-11,16,25H,3,8-9H2,1-2H3/t16-,21+/m0/s1. The van der Waals surface area contributed by atoms with E-state index in [4.69, 9.17) is 16.3 Å². The van der Waals surface area contributed by atoms with Gasteiger partial charge in [-0.25, -0.2) is 4.98 Å². The van der Waals surface area contributed by atoms with Crippen molar-refractivity contribution >= 4 is 23.0 Å². The van der Waals surface area contributed by atoms with Gasteiger partial charge in [-0.05, 0) is 55.0 Å². The fourth-order valence-corrected chi connectivity index (χ4v) is 3.97. The van der Waals surface area contributed by atoms with E-state index >= 15 is 0 Å². The fraction of sp³-hybridized carbons (Fsp3) is 0.333. The number of benzene rings is 1. The predicted octanol–water partition coefficient (Wildman–Crippen LogP) is 4.75. The number of Topliss-reactive ketones (excluding diaryl/α,β-unsaturated/α-hetero) is 1. The second-order valence-corrected chi connectivity index (χ2v) is 7.45. The molecule has 1 aromatic heterocycles. The molecule has 4 rings (SSSR count). The molecule has 0 unspecified atom stereocenters. The molecular weight excluding hydrogens is 350 g/mol. The molecule has 1 N–H and O–H groups in total. The molecule has 0 saturated carbocycles. The van der Waals surface area contributed by atoms with Crippen molar-refractivity contribution in [2.75, 3.05) is 0 Å². The highest BCUT2D eigenvalue weighted by Crippen LogP contribution is 2.45. The van der Waals surface area contributed by atoms with Gasteiger partial charge in [0.15, 0.2) is 5.78 Å². The van der Waals surface area contributed by atoms with Crippen LogP contribution in [0.25, 0.3) is 16.7 Å². The first-order chi connectivity index (χ1) is 12.4. The predicted molar refractivity (Wildman–Crippen MR) is 101 cm³/mol. The molecule has 2 aliphatic rings. The third-order valence-corrected chi connectivity index (χ3v) is 5.60. The lowest BCUT2D eigenvalue weighted by Crippen LogP contribution is -2.37. The van der Waals surface area contributed by atoms with Crippen LogP contribution < -0.4 is 0 Å². The molecule has 26 heavy (non-hydrogen) atoms. The number of aromatic nitrogens is 1. The summed E-state index contributed by atoms with van der Waals surface area (Å²) in [5, 5.41) is 11.2. The van der Waals surface area contributed by atoms with Crippen LogP contribution in [-0.2, 0) is 16.0 Å². The Bertz CT molecular complexity index is 919. The molecule has 1 fully saturated rings. The monoisotopic (exact) mass is 369 g/mol. The molecule has 5 heteroatoms. The summed E-state index contributed by atoms with van der Waals surface area (Å²) in [6.45, 7) is 3.90. The Morgan fingerprint density at radius 3 is 2.77 bits per heavy atom. The zero-order valence-corrected chi connectivity index (χ0v) is 15.5. The highest BCUT2D eigenvalue weighted by atomic mass is 35.5. The summed E-state index contributed by atoms with van der Waals surface area (Å²) in [6.07, 6.45) is 3.34. The number of rotatable bonds is 3. The maximum Gasteiger partial charge on any atom is 0.195 e. The third-order valence-electron chi connectivity index (χ3n) is 5.38. The molecule has 134 valence electrons. The Balaban J connectivity index is 1.82. The minimum Gasteiger partial charge on any atom is -0.508 e. The highest BCUT2D eigenvalue weighted by molar-refractivity contribution is 6.29. The Hall–Kier alpha value is -2.17. The SMILES string of the molecule is CCc1cc(-c2ccc(Cl)nc2)ccc1C1=C(O)[C@@]2(C)CC[C@H](O2)C1=O. The van der Waals surface area contributed by atoms with Crippen molar-refractivity contribution in [2.45, 2.75) is 44.8 Å². The zero-order chi connectivity index (χ0) is 18.5. The summed E-state index contributed by atoms with van der Waals surface area (Å²) < 4.78 is 5.76. The largest absolute Gasteiger partial charge is 0.508 e. The van der Waals surface area contributed by atoms with Gasteiger partial charge in [-0.15, -0.1) is 0 Å². The van der Waals surface area contributed by atoms with Gasteiger partial charge in [-0.2, -0.15) is 0 Å². The van der Waals surface area contributed by atoms with E-state index in [1.54, 1.807) is 12.3 Å². The van der Waals surface area contributed by atoms with E-state index in [0.29, 0.717) is 23.6 Å². The number of carbonyl (C=O) groups is 1. The first-order valence-electron chi connectivity index (χ1n) is 8.84. The number of ether oxygens (including phenoxy) is 1. The van der Waals surface area contributed by atoms with Crippen LogP contribution in [-0.4, -0.2) is 27.6 Å². The number of nitrogens with zero attached hydrogens (tertiary/aromatic N) is 1. The molecule has 2 atom stereocenters. The van der Waals surface area contributed by atoms with Crippen molar-refractivity contribution in [3.05, 3.63) is 58.6 Å². The minimum atomic E-state index is -0.752. The van der Waals surface area contributed by atoms with E-state index in [-0.39, 0.29) is 11.5 Å². The number of aliphatic hydroxyl groups excluding tert-OH is 1. The lowest BCUT2D eigenvalue weighted by atomic mass is 9.87. The summed E-state index contributed by atoms with van der Waals surface area (Å²) >= 11 is 5.87. The Labute approximate surface area is 157 Å². The van der Waals surface area contributed by atoms with Crippen LogP contribution in [0.2, 0.25) is 5.15 Å². The van der Waals surface area contributed by atoms with Crippen LogP contribution in [0.15, 0.2) is 42.3 Å². The van der Waals surface area contributed by atoms with Gasteiger partial charge in [0.05, 0.1) is 5.57 Å². The van der Waals surface area contributed by atoms with Crippen LogP contribution in [0.5, 0.6) is 0 Å². The van der Waals surface area contributed by atoms with Crippen LogP contribution >= 0.6 is 11.6 Å². The molecular formula is C21H20ClNO3. The van der Waals surface area contributed by atoms with E-state index in [1.807, 2.05) is 38.1 Å². The average molecular weight is 370 g/mol. The highest BCUT2D eigenvalue weighted by Gasteiger charge is 2.50. The first kappa shape index (κ1) is 17.3. The van der Waals surface area contributed by atoms with Gasteiger partial charge < -0.3 is 9.84 Å². The normalized spacial score (nSPS) is 25.0. The molecule has 4 nitrogen and oxygen atoms in total. The molecule has 3 heterocycles. The lowest BCUT2D eigenvalue weighted by Gasteiger charge is -2.31. The van der Waals surface area contributed by atoms with Gasteiger partial charge >= 0.3 is 0 Å². The smallest absolute Gasteiger partial charge is 0.195 e. The van der Waals surface area contributed by atoms with Gasteiger partial charge in [-0.1, -0.05) is 36.7 Å². The second kappa shape index (κ2) is 6.22. The number of fused-ring (bicyclic) bond motifs is 2. The molecule has 0 spiro atoms. The summed E-state index contributed by atoms with van der Waals surface area (Å²) in [5.41, 5.74) is 3.43. The summed E-state index contributed by atoms with van der Waals surface area (Å²) in [5.74, 6) is -0.0556. The molecule has 0 radical (unpaired) electrons. The maximum atomic E-state index is 12.8. The number of halogens is 1. The van der Waals surface area contributed by atoms with E-state index in [0.717, 1.165) is 28.7 Å². The Kier molecular flexibility index (Phi) is 4.13. The number of aryl methyl sites for hydroxylation is 1. The summed E-state index contributed by atoms with van der Waals surface area (Å²) in [4.78, 5) is 17.0. The van der Waals surface area contributed by atoms with Crippen LogP contribution in [0, 0.1) is 0 Å². The number of hydrogen-bond donors (Lipinski definition) is 1. The fourth-order valence-electron chi connectivity index (χ4n) is 3.86. The van der Waals surface area contributed by atoms with Gasteiger partial charge in [0, 0.05) is 11.8 Å². The minimum absolute atomic E-state index is 0.0619. The van der Waals surface area contributed by atoms with Crippen molar-refractivity contribution in [1.82, 2.24) is 4.98 Å². The third kappa shape index (κ3) is 2.65. The van der Waals surface area contributed by atoms with Gasteiger partial charge in [0.25, 0.3) is 0 Å². The maximum absolute atomic E-state index is 12.8. The zero-order valence-electron chi connectivity index (χ0n) is 14.8. The van der Waals surface area contributed by atoms with E-state index in [2.05, 4.69) is 4.98 Å². The molecule has 1 saturated heterocycles. The Morgan fingerprint density at radius 2 is 2.08 bits per heavy atom. The van der Waals surface area contributed by atoms with E-state index in [9.17, 15) is 9.90 Å². The number of carbonyl (C=O) groups excluding carboxylic acids is 1. The lowest BCUT2D eigenvalue weighted by molar-refractivity contribution is -0.130. The quantitative estimate of drug-likeness (QED) is 0.793. The van der Waals surface area contributed by atoms with Crippen molar-refractivity contribution in [3.8, 4) is 11.1 Å². The molecule has 0 amide bonds. The first-order valence-corrected chi connectivity index (χ1v) is 9.21. The summed E-state index contributed by atoms with van der Waals surface area (Å²) in [6, 6.07) is 9.59. The number of aliphatic hydroxyl groups is 1. The average Bonchev–Trinajstić information content (AvgIpc) is 3.02. The van der Waals surface area contributed by atoms with Crippen LogP contribution in [0.1, 0.15) is 37.8 Å². The van der Waals surface area contributed by atoms with Gasteiger partial charge in [0.1, 0.15) is 22.6 Å².